The Morgan fingerprint density at radius 1 is 1.14 bits per heavy atom. The van der Waals surface area contributed by atoms with E-state index < -0.39 is 0 Å². The van der Waals surface area contributed by atoms with Gasteiger partial charge in [0, 0.05) is 18.4 Å². The van der Waals surface area contributed by atoms with E-state index in [9.17, 15) is 4.79 Å². The third-order valence-electron chi connectivity index (χ3n) is 4.66. The van der Waals surface area contributed by atoms with Crippen molar-refractivity contribution in [2.75, 3.05) is 23.4 Å². The number of hydrogen-bond acceptors (Lipinski definition) is 5. The maximum atomic E-state index is 12.8. The SMILES string of the molecule is CCOc1ccccc1NC(=O)c1ccnc(N2CCCc3ccccc32)n1. The van der Waals surface area contributed by atoms with E-state index >= 15 is 0 Å². The molecule has 0 bridgehead atoms. The summed E-state index contributed by atoms with van der Waals surface area (Å²) in [5, 5.41) is 2.89. The molecule has 3 aromatic rings. The minimum Gasteiger partial charge on any atom is -0.492 e. The van der Waals surface area contributed by atoms with Crippen LogP contribution >= 0.6 is 0 Å². The summed E-state index contributed by atoms with van der Waals surface area (Å²) in [7, 11) is 0. The second-order valence-electron chi connectivity index (χ2n) is 6.51. The van der Waals surface area contributed by atoms with Gasteiger partial charge >= 0.3 is 0 Å². The average Bonchev–Trinajstić information content (AvgIpc) is 2.75. The molecule has 6 nitrogen and oxygen atoms in total. The van der Waals surface area contributed by atoms with E-state index in [1.54, 1.807) is 12.3 Å². The topological polar surface area (TPSA) is 67.3 Å². The first-order valence-corrected chi connectivity index (χ1v) is 9.48. The van der Waals surface area contributed by atoms with Crippen LogP contribution in [0.1, 0.15) is 29.4 Å². The number of aromatic nitrogens is 2. The molecule has 6 heteroatoms. The average molecular weight is 374 g/mol. The number of carbonyl (C=O) groups is 1. The number of benzene rings is 2. The number of ether oxygens (including phenoxy) is 1. The minimum absolute atomic E-state index is 0.291. The van der Waals surface area contributed by atoms with E-state index in [-0.39, 0.29) is 5.91 Å². The summed E-state index contributed by atoms with van der Waals surface area (Å²) in [6.45, 7) is 3.26. The Labute approximate surface area is 164 Å². The smallest absolute Gasteiger partial charge is 0.274 e. The summed E-state index contributed by atoms with van der Waals surface area (Å²) in [6.07, 6.45) is 3.70. The van der Waals surface area contributed by atoms with Crippen molar-refractivity contribution < 1.29 is 9.53 Å². The molecule has 142 valence electrons. The van der Waals surface area contributed by atoms with Crippen molar-refractivity contribution >= 4 is 23.2 Å². The summed E-state index contributed by atoms with van der Waals surface area (Å²) in [5.74, 6) is 0.886. The van der Waals surface area contributed by atoms with Crippen LogP contribution in [0.3, 0.4) is 0 Å². The highest BCUT2D eigenvalue weighted by Crippen LogP contribution is 2.31. The van der Waals surface area contributed by atoms with Gasteiger partial charge in [0.2, 0.25) is 5.95 Å². The number of para-hydroxylation sites is 3. The predicted molar refractivity (Wildman–Crippen MR) is 109 cm³/mol. The molecule has 2 heterocycles. The van der Waals surface area contributed by atoms with Crippen LogP contribution in [0.2, 0.25) is 0 Å². The largest absolute Gasteiger partial charge is 0.492 e. The molecule has 1 aliphatic heterocycles. The van der Waals surface area contributed by atoms with Crippen LogP contribution < -0.4 is 15.0 Å². The van der Waals surface area contributed by atoms with Crippen LogP contribution in [-0.2, 0) is 6.42 Å². The summed E-state index contributed by atoms with van der Waals surface area (Å²) >= 11 is 0. The van der Waals surface area contributed by atoms with Gasteiger partial charge in [-0.25, -0.2) is 9.97 Å². The van der Waals surface area contributed by atoms with E-state index in [1.165, 1.54) is 5.56 Å². The fourth-order valence-corrected chi connectivity index (χ4v) is 3.38. The van der Waals surface area contributed by atoms with Gasteiger partial charge in [-0.05, 0) is 49.6 Å². The molecule has 0 atom stereocenters. The van der Waals surface area contributed by atoms with Gasteiger partial charge in [-0.15, -0.1) is 0 Å². The number of anilines is 3. The lowest BCUT2D eigenvalue weighted by atomic mass is 10.0. The minimum atomic E-state index is -0.291. The molecule has 0 fully saturated rings. The van der Waals surface area contributed by atoms with Crippen molar-refractivity contribution in [2.45, 2.75) is 19.8 Å². The third-order valence-corrected chi connectivity index (χ3v) is 4.66. The van der Waals surface area contributed by atoms with Crippen molar-refractivity contribution in [2.24, 2.45) is 0 Å². The van der Waals surface area contributed by atoms with Crippen LogP contribution in [0.5, 0.6) is 5.75 Å². The van der Waals surface area contributed by atoms with E-state index in [1.807, 2.05) is 43.3 Å². The Morgan fingerprint density at radius 2 is 1.96 bits per heavy atom. The van der Waals surface area contributed by atoms with Crippen LogP contribution in [-0.4, -0.2) is 29.0 Å². The van der Waals surface area contributed by atoms with Gasteiger partial charge in [0.05, 0.1) is 12.3 Å². The quantitative estimate of drug-likeness (QED) is 0.724. The molecule has 1 aliphatic rings. The molecule has 0 spiro atoms. The van der Waals surface area contributed by atoms with Gasteiger partial charge in [-0.1, -0.05) is 30.3 Å². The number of hydrogen-bond donors (Lipinski definition) is 1. The number of nitrogens with one attached hydrogen (secondary N) is 1. The van der Waals surface area contributed by atoms with Crippen molar-refractivity contribution in [3.8, 4) is 5.75 Å². The summed E-state index contributed by atoms with van der Waals surface area (Å²) in [4.78, 5) is 23.8. The van der Waals surface area contributed by atoms with Crippen LogP contribution in [0.25, 0.3) is 0 Å². The first-order chi connectivity index (χ1) is 13.8. The zero-order chi connectivity index (χ0) is 19.3. The molecule has 2 aromatic carbocycles. The molecule has 1 N–H and O–H groups in total. The molecule has 28 heavy (non-hydrogen) atoms. The van der Waals surface area contributed by atoms with Gasteiger partial charge in [0.15, 0.2) is 0 Å². The lowest BCUT2D eigenvalue weighted by Gasteiger charge is -2.29. The van der Waals surface area contributed by atoms with E-state index in [0.717, 1.165) is 25.1 Å². The Bertz CT molecular complexity index is 990. The third kappa shape index (κ3) is 3.67. The van der Waals surface area contributed by atoms with E-state index in [4.69, 9.17) is 4.74 Å². The molecule has 0 radical (unpaired) electrons. The highest BCUT2D eigenvalue weighted by molar-refractivity contribution is 6.03. The molecular weight excluding hydrogens is 352 g/mol. The monoisotopic (exact) mass is 374 g/mol. The Balaban J connectivity index is 1.59. The Morgan fingerprint density at radius 3 is 2.86 bits per heavy atom. The maximum absolute atomic E-state index is 12.8. The molecule has 0 saturated carbocycles. The zero-order valence-corrected chi connectivity index (χ0v) is 15.8. The van der Waals surface area contributed by atoms with Gasteiger partial charge < -0.3 is 15.0 Å². The van der Waals surface area contributed by atoms with Crippen molar-refractivity contribution in [3.05, 3.63) is 72.1 Å². The van der Waals surface area contributed by atoms with Crippen molar-refractivity contribution in [1.82, 2.24) is 9.97 Å². The normalized spacial score (nSPS) is 13.0. The fraction of sp³-hybridized carbons (Fsp3) is 0.227. The number of nitrogens with zero attached hydrogens (tertiary/aromatic N) is 3. The maximum Gasteiger partial charge on any atom is 0.274 e. The molecule has 0 unspecified atom stereocenters. The molecule has 1 amide bonds. The van der Waals surface area contributed by atoms with E-state index in [0.29, 0.717) is 29.7 Å². The lowest BCUT2D eigenvalue weighted by molar-refractivity contribution is 0.102. The second kappa shape index (κ2) is 8.08. The number of aryl methyl sites for hydroxylation is 1. The highest BCUT2D eigenvalue weighted by Gasteiger charge is 2.21. The summed E-state index contributed by atoms with van der Waals surface area (Å²) in [6, 6.07) is 17.2. The zero-order valence-electron chi connectivity index (χ0n) is 15.8. The summed E-state index contributed by atoms with van der Waals surface area (Å²) < 4.78 is 5.58. The van der Waals surface area contributed by atoms with Crippen LogP contribution in [0, 0.1) is 0 Å². The Hall–Kier alpha value is -3.41. The Kier molecular flexibility index (Phi) is 5.19. The van der Waals surface area contributed by atoms with E-state index in [2.05, 4.69) is 32.3 Å². The standard InChI is InChI=1S/C22H22N4O2/c1-2-28-20-12-6-4-10-17(20)24-21(27)18-13-14-23-22(25-18)26-15-7-9-16-8-3-5-11-19(16)26/h3-6,8,10-14H,2,7,9,15H2,1H3,(H,24,27). The predicted octanol–water partition coefficient (Wildman–Crippen LogP) is 4.21. The highest BCUT2D eigenvalue weighted by atomic mass is 16.5. The molecule has 4 rings (SSSR count). The molecular formula is C22H22N4O2. The lowest BCUT2D eigenvalue weighted by Crippen LogP contribution is -2.27. The summed E-state index contributed by atoms with van der Waals surface area (Å²) in [5.41, 5.74) is 3.32. The molecule has 0 aliphatic carbocycles. The van der Waals surface area contributed by atoms with Gasteiger partial charge in [-0.2, -0.15) is 0 Å². The number of fused-ring (bicyclic) bond motifs is 1. The fourth-order valence-electron chi connectivity index (χ4n) is 3.38. The molecule has 0 saturated heterocycles. The number of carbonyl (C=O) groups excluding carboxylic acids is 1. The van der Waals surface area contributed by atoms with Crippen LogP contribution in [0.15, 0.2) is 60.8 Å². The first-order valence-electron chi connectivity index (χ1n) is 9.48. The van der Waals surface area contributed by atoms with Gasteiger partial charge in [-0.3, -0.25) is 4.79 Å². The number of rotatable bonds is 5. The first kappa shape index (κ1) is 18.0. The van der Waals surface area contributed by atoms with Gasteiger partial charge in [0.1, 0.15) is 11.4 Å². The van der Waals surface area contributed by atoms with Gasteiger partial charge in [0.25, 0.3) is 5.91 Å². The number of amides is 1. The molecule has 1 aromatic heterocycles. The van der Waals surface area contributed by atoms with Crippen molar-refractivity contribution in [3.63, 3.8) is 0 Å². The van der Waals surface area contributed by atoms with Crippen LogP contribution in [0.4, 0.5) is 17.3 Å². The van der Waals surface area contributed by atoms with Crippen molar-refractivity contribution in [1.29, 1.82) is 0 Å². The second-order valence-corrected chi connectivity index (χ2v) is 6.51.